The fourth-order valence-corrected chi connectivity index (χ4v) is 1.45. The Morgan fingerprint density at radius 2 is 1.90 bits per heavy atom. The number of esters is 1. The molecule has 118 valence electrons. The quantitative estimate of drug-likeness (QED) is 0.352. The molecule has 1 heterocycles. The van der Waals surface area contributed by atoms with Gasteiger partial charge in [-0.05, 0) is 6.92 Å². The van der Waals surface area contributed by atoms with Gasteiger partial charge in [0.1, 0.15) is 24.1 Å². The Morgan fingerprint density at radius 3 is 2.43 bits per heavy atom. The van der Waals surface area contributed by atoms with Crippen molar-refractivity contribution in [2.24, 2.45) is 0 Å². The van der Waals surface area contributed by atoms with Crippen LogP contribution in [-0.2, 0) is 4.79 Å². The van der Waals surface area contributed by atoms with Gasteiger partial charge in [0.05, 0.1) is 12.9 Å². The molecule has 0 saturated carbocycles. The van der Waals surface area contributed by atoms with E-state index in [1.54, 1.807) is 0 Å². The highest BCUT2D eigenvalue weighted by molar-refractivity contribution is 5.77. The van der Waals surface area contributed by atoms with Gasteiger partial charge in [0, 0.05) is 6.07 Å². The second-order valence-electron chi connectivity index (χ2n) is 4.27. The van der Waals surface area contributed by atoms with Crippen LogP contribution < -0.4 is 10.2 Å². The Morgan fingerprint density at radius 1 is 1.29 bits per heavy atom. The van der Waals surface area contributed by atoms with Crippen LogP contribution in [0, 0.1) is 6.92 Å². The second kappa shape index (κ2) is 7.29. The van der Waals surface area contributed by atoms with Crippen LogP contribution >= 0.6 is 0 Å². The molecule has 1 aromatic rings. The van der Waals surface area contributed by atoms with E-state index in [1.807, 2.05) is 0 Å². The summed E-state index contributed by atoms with van der Waals surface area (Å²) in [7, 11) is 0. The number of ether oxygens (including phenoxy) is 1. The Labute approximate surface area is 118 Å². The first-order chi connectivity index (χ1) is 9.79. The average Bonchev–Trinajstić information content (AvgIpc) is 2.47. The fraction of sp³-hybridized carbons (Fsp3) is 0.500. The zero-order valence-electron chi connectivity index (χ0n) is 11.0. The molecule has 0 aliphatic carbocycles. The molecule has 0 amide bonds. The minimum atomic E-state index is -2.24. The number of hydrogen-bond acceptors (Lipinski definition) is 9. The van der Waals surface area contributed by atoms with Gasteiger partial charge < -0.3 is 34.7 Å². The summed E-state index contributed by atoms with van der Waals surface area (Å²) in [5, 5.41) is 46.1. The van der Waals surface area contributed by atoms with E-state index in [2.05, 4.69) is 4.74 Å². The molecule has 9 heteroatoms. The molecule has 0 aliphatic heterocycles. The molecule has 4 atom stereocenters. The van der Waals surface area contributed by atoms with Gasteiger partial charge >= 0.3 is 5.97 Å². The number of aryl methyl sites for hydroxylation is 1. The molecule has 21 heavy (non-hydrogen) atoms. The molecule has 1 aromatic heterocycles. The topological polar surface area (TPSA) is 158 Å². The van der Waals surface area contributed by atoms with E-state index in [0.717, 1.165) is 12.3 Å². The molecule has 0 aromatic carbocycles. The number of aliphatic hydroxyl groups excluding tert-OH is 5. The van der Waals surface area contributed by atoms with Crippen molar-refractivity contribution in [3.63, 3.8) is 0 Å². The number of carbonyl (C=O) groups excluding carboxylic acids is 1. The maximum Gasteiger partial charge on any atom is 0.343 e. The zero-order valence-corrected chi connectivity index (χ0v) is 11.0. The van der Waals surface area contributed by atoms with Crippen molar-refractivity contribution < 1.29 is 39.5 Å². The minimum Gasteiger partial charge on any atom is -0.465 e. The molecule has 0 bridgehead atoms. The Hall–Kier alpha value is -1.78. The Bertz CT molecular complexity index is 538. The van der Waals surface area contributed by atoms with Crippen molar-refractivity contribution >= 4 is 5.97 Å². The van der Waals surface area contributed by atoms with Crippen LogP contribution in [0.1, 0.15) is 5.76 Å². The predicted molar refractivity (Wildman–Crippen MR) is 66.5 cm³/mol. The molecular weight excluding hydrogens is 288 g/mol. The monoisotopic (exact) mass is 304 g/mol. The lowest BCUT2D eigenvalue weighted by Gasteiger charge is -2.24. The molecule has 9 nitrogen and oxygen atoms in total. The fourth-order valence-electron chi connectivity index (χ4n) is 1.45. The molecule has 0 aliphatic rings. The third-order valence-corrected chi connectivity index (χ3v) is 2.71. The summed E-state index contributed by atoms with van der Waals surface area (Å²) in [5.41, 5.74) is -0.676. The van der Waals surface area contributed by atoms with E-state index < -0.39 is 48.2 Å². The maximum absolute atomic E-state index is 11.6. The van der Waals surface area contributed by atoms with Crippen molar-refractivity contribution in [1.82, 2.24) is 0 Å². The minimum absolute atomic E-state index is 0.0199. The first kappa shape index (κ1) is 17.3. The van der Waals surface area contributed by atoms with Crippen LogP contribution in [0.2, 0.25) is 0 Å². The van der Waals surface area contributed by atoms with Crippen LogP contribution in [0.3, 0.4) is 0 Å². The largest absolute Gasteiger partial charge is 0.465 e. The van der Waals surface area contributed by atoms with Gasteiger partial charge in [-0.15, -0.1) is 0 Å². The summed E-state index contributed by atoms with van der Waals surface area (Å²) in [5.74, 6) is -1.91. The molecular formula is C12H16O9. The molecule has 0 unspecified atom stereocenters. The maximum atomic E-state index is 11.6. The van der Waals surface area contributed by atoms with Crippen LogP contribution in [0.5, 0.6) is 5.75 Å². The molecule has 5 N–H and O–H groups in total. The van der Waals surface area contributed by atoms with Gasteiger partial charge in [-0.2, -0.15) is 0 Å². The van der Waals surface area contributed by atoms with Gasteiger partial charge in [0.25, 0.3) is 0 Å². The van der Waals surface area contributed by atoms with Gasteiger partial charge in [0.15, 0.2) is 6.10 Å². The molecule has 1 rings (SSSR count). The van der Waals surface area contributed by atoms with Crippen LogP contribution in [0.4, 0.5) is 0 Å². The van der Waals surface area contributed by atoms with Crippen molar-refractivity contribution in [2.75, 3.05) is 6.61 Å². The average molecular weight is 304 g/mol. The smallest absolute Gasteiger partial charge is 0.343 e. The predicted octanol–water partition coefficient (Wildman–Crippen LogP) is -2.71. The first-order valence-electron chi connectivity index (χ1n) is 5.92. The normalized spacial score (nSPS) is 16.9. The number of rotatable bonds is 6. The van der Waals surface area contributed by atoms with Crippen molar-refractivity contribution in [2.45, 2.75) is 31.3 Å². The molecule has 0 radical (unpaired) electrons. The van der Waals surface area contributed by atoms with Gasteiger partial charge in [-0.1, -0.05) is 0 Å². The first-order valence-corrected chi connectivity index (χ1v) is 5.92. The third-order valence-electron chi connectivity index (χ3n) is 2.71. The van der Waals surface area contributed by atoms with Gasteiger partial charge in [-0.25, -0.2) is 4.79 Å². The lowest BCUT2D eigenvalue weighted by Crippen LogP contribution is -2.49. The van der Waals surface area contributed by atoms with Crippen LogP contribution in [0.15, 0.2) is 21.5 Å². The summed E-state index contributed by atoms with van der Waals surface area (Å²) in [4.78, 5) is 23.1. The van der Waals surface area contributed by atoms with E-state index in [9.17, 15) is 24.9 Å². The van der Waals surface area contributed by atoms with Crippen molar-refractivity contribution in [3.8, 4) is 5.75 Å². The molecule has 0 spiro atoms. The summed E-state index contributed by atoms with van der Waals surface area (Å²) < 4.78 is 9.45. The molecule has 0 fully saturated rings. The van der Waals surface area contributed by atoms with E-state index >= 15 is 0 Å². The summed E-state index contributed by atoms with van der Waals surface area (Å²) in [6, 6.07) is 0.989. The zero-order chi connectivity index (χ0) is 16.2. The lowest BCUT2D eigenvalue weighted by molar-refractivity contribution is -0.161. The second-order valence-corrected chi connectivity index (χ2v) is 4.27. The summed E-state index contributed by atoms with van der Waals surface area (Å²) >= 11 is 0. The van der Waals surface area contributed by atoms with Crippen LogP contribution in [-0.4, -0.2) is 62.5 Å². The Balaban J connectivity index is 2.82. The SMILES string of the molecule is Cc1occc(=O)c1OC(=O)[C@H](O)[C@@H](O)[C@H](O)[C@H](O)CO. The standard InChI is InChI=1S/C12H16O9/c1-5-11(6(14)2-3-20-5)21-12(19)10(18)9(17)8(16)7(15)4-13/h2-3,7-10,13,15-18H,4H2,1H3/t7-,8-,9+,10-/m1/s1. The third kappa shape index (κ3) is 4.09. The van der Waals surface area contributed by atoms with Gasteiger partial charge in [0.2, 0.25) is 11.2 Å². The van der Waals surface area contributed by atoms with Crippen molar-refractivity contribution in [3.05, 3.63) is 28.3 Å². The Kier molecular flexibility index (Phi) is 6.00. The highest BCUT2D eigenvalue weighted by Gasteiger charge is 2.35. The highest BCUT2D eigenvalue weighted by atomic mass is 16.6. The summed E-state index contributed by atoms with van der Waals surface area (Å²) in [6.07, 6.45) is -7.01. The van der Waals surface area contributed by atoms with Crippen molar-refractivity contribution in [1.29, 1.82) is 0 Å². The number of hydrogen-bond donors (Lipinski definition) is 5. The number of carbonyl (C=O) groups is 1. The number of aliphatic hydroxyl groups is 5. The molecule has 0 saturated heterocycles. The lowest BCUT2D eigenvalue weighted by atomic mass is 10.0. The summed E-state index contributed by atoms with van der Waals surface area (Å²) in [6.45, 7) is 0.457. The van der Waals surface area contributed by atoms with E-state index in [1.165, 1.54) is 6.92 Å². The van der Waals surface area contributed by atoms with E-state index in [0.29, 0.717) is 0 Å². The highest BCUT2D eigenvalue weighted by Crippen LogP contribution is 2.13. The van der Waals surface area contributed by atoms with E-state index in [-0.39, 0.29) is 5.76 Å². The van der Waals surface area contributed by atoms with E-state index in [4.69, 9.17) is 14.6 Å². The van der Waals surface area contributed by atoms with Gasteiger partial charge in [-0.3, -0.25) is 4.79 Å². The van der Waals surface area contributed by atoms with Crippen LogP contribution in [0.25, 0.3) is 0 Å².